The predicted molar refractivity (Wildman–Crippen MR) is 51.2 cm³/mol. The van der Waals surface area contributed by atoms with E-state index in [9.17, 15) is 8.78 Å². The molecule has 0 unspecified atom stereocenters. The van der Waals surface area contributed by atoms with E-state index in [-0.39, 0.29) is 0 Å². The van der Waals surface area contributed by atoms with Crippen molar-refractivity contribution in [3.8, 4) is 5.75 Å². The van der Waals surface area contributed by atoms with Crippen molar-refractivity contribution in [3.63, 3.8) is 0 Å². The summed E-state index contributed by atoms with van der Waals surface area (Å²) in [5.74, 6) is -0.494. The number of hydrogen-bond acceptors (Lipinski definition) is 2. The Hall–Kier alpha value is -0.230. The van der Waals surface area contributed by atoms with E-state index in [1.54, 1.807) is 0 Å². The molecule has 0 amide bonds. The molecule has 72 valence electrons. The van der Waals surface area contributed by atoms with Crippen molar-refractivity contribution < 1.29 is 13.9 Å². The zero-order chi connectivity index (χ0) is 10.0. The molecule has 0 atom stereocenters. The molecule has 0 aliphatic carbocycles. The van der Waals surface area contributed by atoms with Crippen LogP contribution in [0.4, 0.5) is 8.78 Å². The average Bonchev–Trinajstić information content (AvgIpc) is 2.03. The standard InChI is InChI=1S/C7H5Br2F2NO/c8-2-4-3(9)1-5(13)6(12-4)7(10)11/h1,7,13H,2H2. The lowest BCUT2D eigenvalue weighted by molar-refractivity contribution is 0.141. The zero-order valence-electron chi connectivity index (χ0n) is 6.27. The summed E-state index contributed by atoms with van der Waals surface area (Å²) in [6.07, 6.45) is -2.76. The first-order valence-corrected chi connectivity index (χ1v) is 5.20. The second kappa shape index (κ2) is 4.32. The smallest absolute Gasteiger partial charge is 0.284 e. The lowest BCUT2D eigenvalue weighted by Crippen LogP contribution is -1.96. The lowest BCUT2D eigenvalue weighted by atomic mass is 10.3. The molecule has 6 heteroatoms. The summed E-state index contributed by atoms with van der Waals surface area (Å²) in [4.78, 5) is 3.60. The number of pyridine rings is 1. The molecule has 0 aliphatic heterocycles. The highest BCUT2D eigenvalue weighted by atomic mass is 79.9. The Morgan fingerprint density at radius 3 is 2.62 bits per heavy atom. The van der Waals surface area contributed by atoms with E-state index < -0.39 is 17.9 Å². The molecule has 0 aromatic carbocycles. The van der Waals surface area contributed by atoms with Crippen LogP contribution in [0.3, 0.4) is 0 Å². The number of nitrogens with zero attached hydrogens (tertiary/aromatic N) is 1. The highest BCUT2D eigenvalue weighted by molar-refractivity contribution is 9.10. The molecule has 0 radical (unpaired) electrons. The van der Waals surface area contributed by atoms with E-state index in [0.717, 1.165) is 0 Å². The van der Waals surface area contributed by atoms with E-state index in [4.69, 9.17) is 5.11 Å². The normalized spacial score (nSPS) is 10.8. The first-order valence-electron chi connectivity index (χ1n) is 3.28. The first kappa shape index (κ1) is 10.8. The van der Waals surface area contributed by atoms with Gasteiger partial charge in [-0.3, -0.25) is 0 Å². The highest BCUT2D eigenvalue weighted by Gasteiger charge is 2.16. The first-order chi connectivity index (χ1) is 6.06. The fourth-order valence-electron chi connectivity index (χ4n) is 0.788. The molecule has 1 heterocycles. The molecule has 1 aromatic heterocycles. The van der Waals surface area contributed by atoms with E-state index in [0.29, 0.717) is 15.5 Å². The van der Waals surface area contributed by atoms with Gasteiger partial charge in [0, 0.05) is 9.80 Å². The van der Waals surface area contributed by atoms with Crippen molar-refractivity contribution >= 4 is 31.9 Å². The summed E-state index contributed by atoms with van der Waals surface area (Å²) in [6, 6.07) is 1.21. The number of rotatable bonds is 2. The summed E-state index contributed by atoms with van der Waals surface area (Å²) in [6.45, 7) is 0. The molecule has 1 aromatic rings. The van der Waals surface area contributed by atoms with Gasteiger partial charge >= 0.3 is 0 Å². The Bertz CT molecular complexity index is 320. The van der Waals surface area contributed by atoms with Crippen LogP contribution in [0.25, 0.3) is 0 Å². The number of halogens is 4. The largest absolute Gasteiger partial charge is 0.506 e. The SMILES string of the molecule is Oc1cc(Br)c(CBr)nc1C(F)F. The summed E-state index contributed by atoms with van der Waals surface area (Å²) in [5, 5.41) is 9.45. The molecule has 0 spiro atoms. The zero-order valence-corrected chi connectivity index (χ0v) is 9.44. The van der Waals surface area contributed by atoms with Gasteiger partial charge in [0.05, 0.1) is 5.69 Å². The van der Waals surface area contributed by atoms with Gasteiger partial charge in [-0.1, -0.05) is 15.9 Å². The Morgan fingerprint density at radius 1 is 1.54 bits per heavy atom. The van der Waals surface area contributed by atoms with Crippen molar-refractivity contribution in [2.45, 2.75) is 11.8 Å². The molecule has 1 N–H and O–H groups in total. The van der Waals surface area contributed by atoms with E-state index in [2.05, 4.69) is 36.8 Å². The summed E-state index contributed by atoms with van der Waals surface area (Å²) in [7, 11) is 0. The summed E-state index contributed by atoms with van der Waals surface area (Å²) in [5.41, 5.74) is -0.147. The fourth-order valence-corrected chi connectivity index (χ4v) is 2.04. The number of aromatic nitrogens is 1. The third-order valence-electron chi connectivity index (χ3n) is 1.39. The van der Waals surface area contributed by atoms with Gasteiger partial charge in [-0.05, 0) is 22.0 Å². The molecule has 0 aliphatic rings. The van der Waals surface area contributed by atoms with Gasteiger partial charge < -0.3 is 5.11 Å². The van der Waals surface area contributed by atoms with Crippen molar-refractivity contribution in [2.75, 3.05) is 0 Å². The van der Waals surface area contributed by atoms with Gasteiger partial charge in [0.25, 0.3) is 6.43 Å². The van der Waals surface area contributed by atoms with Crippen LogP contribution in [0, 0.1) is 0 Å². The maximum atomic E-state index is 12.2. The maximum absolute atomic E-state index is 12.2. The maximum Gasteiger partial charge on any atom is 0.284 e. The van der Waals surface area contributed by atoms with Gasteiger partial charge in [0.2, 0.25) is 0 Å². The van der Waals surface area contributed by atoms with Crippen LogP contribution in [0.1, 0.15) is 17.8 Å². The number of alkyl halides is 3. The average molecular weight is 317 g/mol. The van der Waals surface area contributed by atoms with Crippen molar-refractivity contribution in [2.24, 2.45) is 0 Å². The van der Waals surface area contributed by atoms with Crippen LogP contribution in [-0.4, -0.2) is 10.1 Å². The fraction of sp³-hybridized carbons (Fsp3) is 0.286. The minimum atomic E-state index is -2.76. The molecular formula is C7H5Br2F2NO. The Labute approximate surface area is 90.2 Å². The third kappa shape index (κ3) is 2.37. The van der Waals surface area contributed by atoms with Gasteiger partial charge in [-0.15, -0.1) is 0 Å². The van der Waals surface area contributed by atoms with Crippen LogP contribution in [-0.2, 0) is 5.33 Å². The minimum Gasteiger partial charge on any atom is -0.506 e. The molecule has 2 nitrogen and oxygen atoms in total. The van der Waals surface area contributed by atoms with Gasteiger partial charge in [-0.25, -0.2) is 13.8 Å². The van der Waals surface area contributed by atoms with Crippen LogP contribution >= 0.6 is 31.9 Å². The molecule has 0 bridgehead atoms. The highest BCUT2D eigenvalue weighted by Crippen LogP contribution is 2.30. The van der Waals surface area contributed by atoms with Crippen molar-refractivity contribution in [1.29, 1.82) is 0 Å². The quantitative estimate of drug-likeness (QED) is 0.848. The topological polar surface area (TPSA) is 33.1 Å². The monoisotopic (exact) mass is 315 g/mol. The Balaban J connectivity index is 3.22. The molecule has 0 saturated carbocycles. The summed E-state index contributed by atoms with van der Waals surface area (Å²) < 4.78 is 25.0. The van der Waals surface area contributed by atoms with Crippen molar-refractivity contribution in [1.82, 2.24) is 4.98 Å². The number of aromatic hydroxyl groups is 1. The Kier molecular flexibility index (Phi) is 3.61. The van der Waals surface area contributed by atoms with E-state index in [1.807, 2.05) is 0 Å². The van der Waals surface area contributed by atoms with Crippen LogP contribution in [0.15, 0.2) is 10.5 Å². The van der Waals surface area contributed by atoms with Crippen LogP contribution in [0.2, 0.25) is 0 Å². The molecule has 13 heavy (non-hydrogen) atoms. The molecule has 0 fully saturated rings. The number of hydrogen-bond donors (Lipinski definition) is 1. The molecular weight excluding hydrogens is 312 g/mol. The minimum absolute atomic E-state index is 0.355. The van der Waals surface area contributed by atoms with Crippen LogP contribution < -0.4 is 0 Å². The second-order valence-corrected chi connectivity index (χ2v) is 3.67. The third-order valence-corrected chi connectivity index (χ3v) is 2.61. The van der Waals surface area contributed by atoms with Gasteiger partial charge in [0.15, 0.2) is 0 Å². The lowest BCUT2D eigenvalue weighted by Gasteiger charge is -2.06. The van der Waals surface area contributed by atoms with Gasteiger partial charge in [0.1, 0.15) is 11.4 Å². The Morgan fingerprint density at radius 2 is 2.15 bits per heavy atom. The van der Waals surface area contributed by atoms with Crippen LogP contribution in [0.5, 0.6) is 5.75 Å². The predicted octanol–water partition coefficient (Wildman–Crippen LogP) is 3.38. The van der Waals surface area contributed by atoms with Gasteiger partial charge in [-0.2, -0.15) is 0 Å². The molecule has 0 saturated heterocycles. The van der Waals surface area contributed by atoms with Crippen molar-refractivity contribution in [3.05, 3.63) is 21.9 Å². The summed E-state index contributed by atoms with van der Waals surface area (Å²) >= 11 is 6.19. The van der Waals surface area contributed by atoms with E-state index >= 15 is 0 Å². The molecule has 1 rings (SSSR count). The van der Waals surface area contributed by atoms with E-state index in [1.165, 1.54) is 6.07 Å². The second-order valence-electron chi connectivity index (χ2n) is 2.26.